The number of rotatable bonds is 6. The first-order valence-corrected chi connectivity index (χ1v) is 8.18. The third-order valence-corrected chi connectivity index (χ3v) is 3.90. The molecule has 2 heterocycles. The van der Waals surface area contributed by atoms with Gasteiger partial charge in [-0.15, -0.1) is 0 Å². The quantitative estimate of drug-likeness (QED) is 0.446. The minimum absolute atomic E-state index is 0.0662. The highest BCUT2D eigenvalue weighted by Gasteiger charge is 2.27. The van der Waals surface area contributed by atoms with Crippen LogP contribution >= 0.6 is 11.6 Å². The molecule has 1 saturated heterocycles. The summed E-state index contributed by atoms with van der Waals surface area (Å²) in [5.41, 5.74) is 1.06. The van der Waals surface area contributed by atoms with Crippen molar-refractivity contribution in [3.05, 3.63) is 23.0 Å². The molecular weight excluding hydrogens is 332 g/mol. The first-order valence-electron chi connectivity index (χ1n) is 7.80. The van der Waals surface area contributed by atoms with Gasteiger partial charge in [0.15, 0.2) is 5.96 Å². The lowest BCUT2D eigenvalue weighted by Crippen LogP contribution is -2.40. The lowest BCUT2D eigenvalue weighted by atomic mass is 10.4. The van der Waals surface area contributed by atoms with Crippen molar-refractivity contribution >= 4 is 29.5 Å². The van der Waals surface area contributed by atoms with Crippen molar-refractivity contribution in [2.75, 3.05) is 33.2 Å². The number of halogens is 1. The molecule has 0 unspecified atom stereocenters. The topological polar surface area (TPSA) is 82.0 Å². The van der Waals surface area contributed by atoms with Crippen molar-refractivity contribution in [1.82, 2.24) is 25.0 Å². The number of amides is 3. The van der Waals surface area contributed by atoms with Crippen LogP contribution in [0.25, 0.3) is 0 Å². The average molecular weight is 355 g/mol. The maximum absolute atomic E-state index is 11.6. The summed E-state index contributed by atoms with van der Waals surface area (Å²) < 4.78 is 1.97. The molecule has 8 nitrogen and oxygen atoms in total. The Balaban J connectivity index is 1.97. The van der Waals surface area contributed by atoms with E-state index in [9.17, 15) is 9.59 Å². The van der Waals surface area contributed by atoms with Gasteiger partial charge in [-0.2, -0.15) is 0 Å². The molecule has 0 radical (unpaired) electrons. The molecule has 3 amide bonds. The Kier molecular flexibility index (Phi) is 6.08. The number of urea groups is 1. The van der Waals surface area contributed by atoms with Crippen LogP contribution in [0.15, 0.2) is 17.3 Å². The molecular formula is C15H23ClN6O2. The minimum atomic E-state index is -0.355. The number of carbonyl (C=O) groups is 2. The Bertz CT molecular complexity index is 626. The number of hydrogen-bond donors (Lipinski definition) is 2. The molecule has 1 aliphatic rings. The molecule has 0 aromatic carbocycles. The van der Waals surface area contributed by atoms with E-state index in [1.165, 1.54) is 4.90 Å². The normalized spacial score (nSPS) is 15.0. The number of imide groups is 1. The zero-order valence-corrected chi connectivity index (χ0v) is 14.9. The number of nitrogens with one attached hydrogen (secondary N) is 2. The number of hydrogen-bond acceptors (Lipinski definition) is 3. The first-order chi connectivity index (χ1) is 11.4. The Hall–Kier alpha value is -2.22. The van der Waals surface area contributed by atoms with Gasteiger partial charge in [-0.05, 0) is 13.0 Å². The zero-order chi connectivity index (χ0) is 17.7. The van der Waals surface area contributed by atoms with E-state index >= 15 is 0 Å². The van der Waals surface area contributed by atoms with Crippen molar-refractivity contribution in [2.45, 2.75) is 13.5 Å². The molecule has 1 fully saturated rings. The Morgan fingerprint density at radius 3 is 2.79 bits per heavy atom. The van der Waals surface area contributed by atoms with Crippen molar-refractivity contribution in [3.63, 3.8) is 0 Å². The van der Waals surface area contributed by atoms with E-state index < -0.39 is 0 Å². The van der Waals surface area contributed by atoms with Crippen LogP contribution in [0.3, 0.4) is 0 Å². The Morgan fingerprint density at radius 2 is 2.25 bits per heavy atom. The highest BCUT2D eigenvalue weighted by Crippen LogP contribution is 2.14. The van der Waals surface area contributed by atoms with Crippen LogP contribution < -0.4 is 10.6 Å². The van der Waals surface area contributed by atoms with E-state index in [1.807, 2.05) is 42.7 Å². The Labute approximate surface area is 146 Å². The molecule has 1 aromatic heterocycles. The molecule has 0 spiro atoms. The summed E-state index contributed by atoms with van der Waals surface area (Å²) in [6, 6.07) is 1.56. The second-order valence-corrected chi connectivity index (χ2v) is 5.99. The second kappa shape index (κ2) is 8.05. The molecule has 2 rings (SSSR count). The van der Waals surface area contributed by atoms with Gasteiger partial charge >= 0.3 is 6.03 Å². The molecule has 1 aliphatic heterocycles. The first kappa shape index (κ1) is 18.1. The monoisotopic (exact) mass is 354 g/mol. The van der Waals surface area contributed by atoms with Gasteiger partial charge in [0, 0.05) is 32.5 Å². The highest BCUT2D eigenvalue weighted by atomic mass is 35.5. The lowest BCUT2D eigenvalue weighted by molar-refractivity contribution is -0.124. The van der Waals surface area contributed by atoms with Gasteiger partial charge in [-0.3, -0.25) is 14.7 Å². The fourth-order valence-corrected chi connectivity index (χ4v) is 2.72. The molecule has 0 saturated carbocycles. The number of aromatic nitrogens is 1. The number of guanidine groups is 1. The highest BCUT2D eigenvalue weighted by molar-refractivity contribution is 6.30. The zero-order valence-electron chi connectivity index (χ0n) is 14.2. The molecule has 9 heteroatoms. The molecule has 1 aromatic rings. The molecule has 0 aliphatic carbocycles. The van der Waals surface area contributed by atoms with E-state index in [2.05, 4.69) is 15.6 Å². The standard InChI is InChI=1S/C15H23ClN6O2/c1-4-17-14(18-5-6-22-13(23)8-19-15(22)24)21(3)10-12-7-11(16)9-20(12)2/h7,9H,4-6,8,10H2,1-3H3,(H,17,18)(H,19,24). The third kappa shape index (κ3) is 4.41. The number of aliphatic imine (C=N–C) groups is 1. The molecule has 24 heavy (non-hydrogen) atoms. The van der Waals surface area contributed by atoms with Crippen LogP contribution in [0.1, 0.15) is 12.6 Å². The summed E-state index contributed by atoms with van der Waals surface area (Å²) in [4.78, 5) is 30.7. The summed E-state index contributed by atoms with van der Waals surface area (Å²) in [5.74, 6) is 0.494. The number of aryl methyl sites for hydroxylation is 1. The summed E-state index contributed by atoms with van der Waals surface area (Å²) in [5, 5.41) is 6.40. The Morgan fingerprint density at radius 1 is 1.50 bits per heavy atom. The third-order valence-electron chi connectivity index (χ3n) is 3.69. The molecule has 0 bridgehead atoms. The van der Waals surface area contributed by atoms with Gasteiger partial charge in [0.25, 0.3) is 0 Å². The number of carbonyl (C=O) groups excluding carboxylic acids is 2. The van der Waals surface area contributed by atoms with Gasteiger partial charge < -0.3 is 20.1 Å². The SMILES string of the molecule is CCNC(=NCCN1C(=O)CNC1=O)N(C)Cc1cc(Cl)cn1C. The van der Waals surface area contributed by atoms with Crippen LogP contribution in [-0.2, 0) is 18.4 Å². The second-order valence-electron chi connectivity index (χ2n) is 5.56. The van der Waals surface area contributed by atoms with Gasteiger partial charge in [-0.1, -0.05) is 11.6 Å². The van der Waals surface area contributed by atoms with Crippen LogP contribution in [0, 0.1) is 0 Å². The maximum atomic E-state index is 11.6. The van der Waals surface area contributed by atoms with Crippen LogP contribution in [0.4, 0.5) is 4.79 Å². The summed E-state index contributed by atoms with van der Waals surface area (Å²) in [7, 11) is 3.87. The fourth-order valence-electron chi connectivity index (χ4n) is 2.45. The predicted octanol–water partition coefficient (Wildman–Crippen LogP) is 0.628. The van der Waals surface area contributed by atoms with E-state index in [1.54, 1.807) is 0 Å². The van der Waals surface area contributed by atoms with Gasteiger partial charge in [-0.25, -0.2) is 4.79 Å². The molecule has 132 valence electrons. The lowest BCUT2D eigenvalue weighted by Gasteiger charge is -2.22. The van der Waals surface area contributed by atoms with Gasteiger partial charge in [0.2, 0.25) is 5.91 Å². The summed E-state index contributed by atoms with van der Waals surface area (Å²) >= 11 is 6.01. The van der Waals surface area contributed by atoms with E-state index in [4.69, 9.17) is 11.6 Å². The van der Waals surface area contributed by atoms with Crippen LogP contribution in [-0.4, -0.2) is 65.5 Å². The summed E-state index contributed by atoms with van der Waals surface area (Å²) in [6.45, 7) is 4.03. The maximum Gasteiger partial charge on any atom is 0.324 e. The fraction of sp³-hybridized carbons (Fsp3) is 0.533. The van der Waals surface area contributed by atoms with Crippen molar-refractivity contribution in [2.24, 2.45) is 12.0 Å². The largest absolute Gasteiger partial charge is 0.357 e. The van der Waals surface area contributed by atoms with Crippen molar-refractivity contribution in [1.29, 1.82) is 0 Å². The van der Waals surface area contributed by atoms with E-state index in [-0.39, 0.29) is 25.0 Å². The summed E-state index contributed by atoms with van der Waals surface area (Å²) in [6.07, 6.45) is 1.85. The minimum Gasteiger partial charge on any atom is -0.357 e. The molecule has 2 N–H and O–H groups in total. The van der Waals surface area contributed by atoms with Crippen LogP contribution in [0.2, 0.25) is 5.02 Å². The van der Waals surface area contributed by atoms with Crippen LogP contribution in [0.5, 0.6) is 0 Å². The molecule has 0 atom stereocenters. The van der Waals surface area contributed by atoms with E-state index in [0.717, 1.165) is 12.2 Å². The van der Waals surface area contributed by atoms with Gasteiger partial charge in [0.1, 0.15) is 0 Å². The smallest absolute Gasteiger partial charge is 0.324 e. The van der Waals surface area contributed by atoms with Crippen molar-refractivity contribution < 1.29 is 9.59 Å². The number of nitrogens with zero attached hydrogens (tertiary/aromatic N) is 4. The van der Waals surface area contributed by atoms with E-state index in [0.29, 0.717) is 24.1 Å². The average Bonchev–Trinajstić information content (AvgIpc) is 3.01. The predicted molar refractivity (Wildman–Crippen MR) is 93.0 cm³/mol. The van der Waals surface area contributed by atoms with Gasteiger partial charge in [0.05, 0.1) is 31.2 Å². The van der Waals surface area contributed by atoms with Crippen molar-refractivity contribution in [3.8, 4) is 0 Å².